The summed E-state index contributed by atoms with van der Waals surface area (Å²) in [5.74, 6) is -0.775. The normalized spacial score (nSPS) is 12.5. The van der Waals surface area contributed by atoms with E-state index in [0.717, 1.165) is 10.1 Å². The molecule has 4 nitrogen and oxygen atoms in total. The van der Waals surface area contributed by atoms with Crippen LogP contribution in [0.4, 0.5) is 0 Å². The predicted octanol–water partition coefficient (Wildman–Crippen LogP) is 4.06. The molecule has 0 aliphatic rings. The van der Waals surface area contributed by atoms with E-state index in [-0.39, 0.29) is 16.4 Å². The third-order valence-corrected chi connectivity index (χ3v) is 6.39. The van der Waals surface area contributed by atoms with Gasteiger partial charge in [0.1, 0.15) is 9.81 Å². The highest BCUT2D eigenvalue weighted by Gasteiger charge is 2.22. The molecule has 7 heteroatoms. The number of hydrogen-bond donors (Lipinski definition) is 0. The molecule has 120 valence electrons. The molecule has 0 atom stereocenters. The fourth-order valence-corrected chi connectivity index (χ4v) is 4.78. The third kappa shape index (κ3) is 4.44. The highest BCUT2D eigenvalue weighted by atomic mass is 35.5. The lowest BCUT2D eigenvalue weighted by atomic mass is 10.2. The zero-order valence-electron chi connectivity index (χ0n) is 12.6. The Morgan fingerprint density at radius 1 is 1.27 bits per heavy atom. The molecule has 0 N–H and O–H groups in total. The molecule has 22 heavy (non-hydrogen) atoms. The van der Waals surface area contributed by atoms with Crippen LogP contribution in [0.1, 0.15) is 27.2 Å². The highest BCUT2D eigenvalue weighted by Crippen LogP contribution is 2.31. The first-order valence-electron chi connectivity index (χ1n) is 6.70. The van der Waals surface area contributed by atoms with Gasteiger partial charge >= 0.3 is 5.97 Å². The van der Waals surface area contributed by atoms with Gasteiger partial charge in [0.25, 0.3) is 0 Å². The fourth-order valence-electron chi connectivity index (χ4n) is 1.85. The molecule has 2 rings (SSSR count). The van der Waals surface area contributed by atoms with Crippen molar-refractivity contribution in [3.8, 4) is 0 Å². The summed E-state index contributed by atoms with van der Waals surface area (Å²) >= 11 is 7.08. The molecule has 0 bridgehead atoms. The minimum atomic E-state index is -3.51. The molecule has 0 aliphatic heterocycles. The third-order valence-electron chi connectivity index (χ3n) is 2.76. The van der Waals surface area contributed by atoms with E-state index in [9.17, 15) is 13.2 Å². The number of hydrogen-bond acceptors (Lipinski definition) is 5. The summed E-state index contributed by atoms with van der Waals surface area (Å²) in [4.78, 5) is 11.7. The van der Waals surface area contributed by atoms with Crippen molar-refractivity contribution in [2.75, 3.05) is 5.75 Å². The van der Waals surface area contributed by atoms with Crippen LogP contribution in [-0.2, 0) is 19.4 Å². The maximum atomic E-state index is 12.3. The number of sulfone groups is 1. The molecule has 0 saturated heterocycles. The molecule has 1 aromatic carbocycles. The number of esters is 1. The number of benzene rings is 1. The number of carbonyl (C=O) groups is 1. The molecule has 0 aliphatic carbocycles. The Hall–Kier alpha value is -1.11. The van der Waals surface area contributed by atoms with Crippen molar-refractivity contribution in [1.29, 1.82) is 0 Å². The van der Waals surface area contributed by atoms with Gasteiger partial charge in [-0.25, -0.2) is 8.42 Å². The van der Waals surface area contributed by atoms with Crippen molar-refractivity contribution in [2.45, 2.75) is 37.0 Å². The molecule has 0 amide bonds. The minimum Gasteiger partial charge on any atom is -0.460 e. The van der Waals surface area contributed by atoms with Gasteiger partial charge in [-0.05, 0) is 50.4 Å². The number of ether oxygens (including phenoxy) is 1. The van der Waals surface area contributed by atoms with Crippen LogP contribution in [0.25, 0.3) is 10.1 Å². The van der Waals surface area contributed by atoms with Gasteiger partial charge in [0.05, 0.1) is 12.2 Å². The van der Waals surface area contributed by atoms with Gasteiger partial charge in [0.15, 0.2) is 9.84 Å². The average molecular weight is 361 g/mol. The van der Waals surface area contributed by atoms with Gasteiger partial charge in [-0.1, -0.05) is 11.6 Å². The lowest BCUT2D eigenvalue weighted by Crippen LogP contribution is -2.25. The Balaban J connectivity index is 2.13. The van der Waals surface area contributed by atoms with Crippen LogP contribution >= 0.6 is 22.9 Å². The monoisotopic (exact) mass is 360 g/mol. The van der Waals surface area contributed by atoms with E-state index < -0.39 is 21.4 Å². The van der Waals surface area contributed by atoms with Crippen LogP contribution in [0, 0.1) is 0 Å². The summed E-state index contributed by atoms with van der Waals surface area (Å²) in [5, 5.41) is 1.34. The molecule has 1 aromatic heterocycles. The first kappa shape index (κ1) is 17.2. The minimum absolute atomic E-state index is 0.158. The van der Waals surface area contributed by atoms with Crippen LogP contribution < -0.4 is 0 Å². The maximum Gasteiger partial charge on any atom is 0.307 e. The van der Waals surface area contributed by atoms with Crippen molar-refractivity contribution in [3.63, 3.8) is 0 Å². The quantitative estimate of drug-likeness (QED) is 0.771. The number of thiophene rings is 1. The summed E-state index contributed by atoms with van der Waals surface area (Å²) in [6, 6.07) is 6.82. The van der Waals surface area contributed by atoms with Gasteiger partial charge in [0.2, 0.25) is 0 Å². The summed E-state index contributed by atoms with van der Waals surface area (Å²) in [7, 11) is -3.51. The molecule has 0 unspecified atom stereocenters. The topological polar surface area (TPSA) is 60.4 Å². The summed E-state index contributed by atoms with van der Waals surface area (Å²) < 4.78 is 30.9. The summed E-state index contributed by atoms with van der Waals surface area (Å²) in [6.45, 7) is 5.24. The van der Waals surface area contributed by atoms with E-state index in [2.05, 4.69) is 0 Å². The molecule has 0 fully saturated rings. The Morgan fingerprint density at radius 3 is 2.59 bits per heavy atom. The maximum absolute atomic E-state index is 12.3. The van der Waals surface area contributed by atoms with Gasteiger partial charge in [-0.3, -0.25) is 4.79 Å². The lowest BCUT2D eigenvalue weighted by molar-refractivity contribution is -0.154. The first-order chi connectivity index (χ1) is 10.1. The Labute approximate surface area is 139 Å². The SMILES string of the molecule is CC(C)(C)OC(=O)CCS(=O)(=O)c1cc2cc(Cl)ccc2s1. The number of halogens is 1. The fraction of sp³-hybridized carbons (Fsp3) is 0.400. The average Bonchev–Trinajstić information content (AvgIpc) is 2.78. The molecule has 1 heterocycles. The largest absolute Gasteiger partial charge is 0.460 e. The van der Waals surface area contributed by atoms with E-state index in [1.54, 1.807) is 45.0 Å². The number of fused-ring (bicyclic) bond motifs is 1. The molecule has 0 saturated carbocycles. The van der Waals surface area contributed by atoms with Crippen molar-refractivity contribution in [3.05, 3.63) is 29.3 Å². The Kier molecular flexibility index (Phi) is 4.84. The molecular weight excluding hydrogens is 344 g/mol. The van der Waals surface area contributed by atoms with E-state index in [4.69, 9.17) is 16.3 Å². The van der Waals surface area contributed by atoms with Gasteiger partial charge in [0, 0.05) is 9.72 Å². The molecular formula is C15H17ClO4S2. The second-order valence-corrected chi connectivity index (χ2v) is 9.76. The first-order valence-corrected chi connectivity index (χ1v) is 9.55. The van der Waals surface area contributed by atoms with E-state index in [0.29, 0.717) is 5.02 Å². The van der Waals surface area contributed by atoms with Crippen LogP contribution in [0.5, 0.6) is 0 Å². The van der Waals surface area contributed by atoms with Gasteiger partial charge in [-0.2, -0.15) is 0 Å². The van der Waals surface area contributed by atoms with Gasteiger partial charge < -0.3 is 4.74 Å². The molecule has 0 spiro atoms. The van der Waals surface area contributed by atoms with Crippen LogP contribution in [-0.4, -0.2) is 25.7 Å². The van der Waals surface area contributed by atoms with Crippen molar-refractivity contribution in [2.24, 2.45) is 0 Å². The van der Waals surface area contributed by atoms with Gasteiger partial charge in [-0.15, -0.1) is 11.3 Å². The summed E-state index contributed by atoms with van der Waals surface area (Å²) in [5.41, 5.74) is -0.616. The number of carbonyl (C=O) groups excluding carboxylic acids is 1. The zero-order valence-corrected chi connectivity index (χ0v) is 14.9. The van der Waals surface area contributed by atoms with E-state index in [1.165, 1.54) is 11.3 Å². The second-order valence-electron chi connectivity index (χ2n) is 5.90. The molecule has 2 aromatic rings. The number of rotatable bonds is 4. The van der Waals surface area contributed by atoms with Crippen molar-refractivity contribution < 1.29 is 17.9 Å². The summed E-state index contributed by atoms with van der Waals surface area (Å²) in [6.07, 6.45) is -0.158. The standard InChI is InChI=1S/C15H17ClO4S2/c1-15(2,3)20-13(17)6-7-22(18,19)14-9-10-8-11(16)4-5-12(10)21-14/h4-5,8-9H,6-7H2,1-3H3. The van der Waals surface area contributed by atoms with Crippen molar-refractivity contribution >= 4 is 48.8 Å². The van der Waals surface area contributed by atoms with Crippen LogP contribution in [0.2, 0.25) is 5.02 Å². The second kappa shape index (κ2) is 6.18. The van der Waals surface area contributed by atoms with Crippen LogP contribution in [0.3, 0.4) is 0 Å². The lowest BCUT2D eigenvalue weighted by Gasteiger charge is -2.19. The Morgan fingerprint density at radius 2 is 1.95 bits per heavy atom. The van der Waals surface area contributed by atoms with Crippen molar-refractivity contribution in [1.82, 2.24) is 0 Å². The molecule has 0 radical (unpaired) electrons. The zero-order chi connectivity index (χ0) is 16.5. The highest BCUT2D eigenvalue weighted by molar-refractivity contribution is 7.93. The Bertz CT molecular complexity index is 801. The predicted molar refractivity (Wildman–Crippen MR) is 89.3 cm³/mol. The van der Waals surface area contributed by atoms with Crippen LogP contribution in [0.15, 0.2) is 28.5 Å². The smallest absolute Gasteiger partial charge is 0.307 e. The van der Waals surface area contributed by atoms with E-state index in [1.807, 2.05) is 0 Å². The van der Waals surface area contributed by atoms with E-state index >= 15 is 0 Å².